The Morgan fingerprint density at radius 1 is 1.31 bits per heavy atom. The molecule has 0 radical (unpaired) electrons. The molecule has 0 aliphatic rings. The summed E-state index contributed by atoms with van der Waals surface area (Å²) >= 11 is 2.96. The molecule has 0 atom stereocenters. The Kier molecular flexibility index (Phi) is 3.76. The summed E-state index contributed by atoms with van der Waals surface area (Å²) < 4.78 is 37.5. The fourth-order valence-corrected chi connectivity index (χ4v) is 1.45. The summed E-state index contributed by atoms with van der Waals surface area (Å²) in [6, 6.07) is 3.21. The van der Waals surface area contributed by atoms with Crippen LogP contribution in [-0.4, -0.2) is 5.96 Å². The summed E-state index contributed by atoms with van der Waals surface area (Å²) in [5.41, 5.74) is 6.49. The van der Waals surface area contributed by atoms with Crippen LogP contribution < -0.4 is 17.0 Å². The molecule has 1 aromatic rings. The molecule has 0 aliphatic carbocycles. The molecule has 4 nitrogen and oxygen atoms in total. The molecule has 1 rings (SSSR count). The van der Waals surface area contributed by atoms with E-state index in [-0.39, 0.29) is 16.1 Å². The van der Waals surface area contributed by atoms with Crippen LogP contribution >= 0.6 is 15.9 Å². The van der Waals surface area contributed by atoms with Gasteiger partial charge in [-0.3, -0.25) is 5.43 Å². The number of alkyl halides is 3. The Morgan fingerprint density at radius 3 is 2.44 bits per heavy atom. The highest BCUT2D eigenvalue weighted by molar-refractivity contribution is 9.10. The summed E-state index contributed by atoms with van der Waals surface area (Å²) in [5.74, 6) is 4.77. The lowest BCUT2D eigenvalue weighted by Crippen LogP contribution is -2.36. The summed E-state index contributed by atoms with van der Waals surface area (Å²) in [5, 5.41) is 0. The number of hydrogen-bond acceptors (Lipinski definition) is 2. The third-order valence-electron chi connectivity index (χ3n) is 1.61. The maximum absolute atomic E-state index is 12.4. The van der Waals surface area contributed by atoms with Crippen LogP contribution in [-0.2, 0) is 6.18 Å². The Labute approximate surface area is 97.6 Å². The zero-order valence-corrected chi connectivity index (χ0v) is 9.43. The van der Waals surface area contributed by atoms with Crippen molar-refractivity contribution >= 4 is 27.6 Å². The van der Waals surface area contributed by atoms with Gasteiger partial charge in [0.05, 0.1) is 11.3 Å². The van der Waals surface area contributed by atoms with Crippen LogP contribution in [0.4, 0.5) is 18.9 Å². The smallest absolute Gasteiger partial charge is 0.369 e. The van der Waals surface area contributed by atoms with E-state index in [2.05, 4.69) is 20.9 Å². The lowest BCUT2D eigenvalue weighted by molar-refractivity contribution is -0.137. The van der Waals surface area contributed by atoms with Crippen molar-refractivity contribution in [2.24, 2.45) is 16.6 Å². The van der Waals surface area contributed by atoms with Gasteiger partial charge in [0.1, 0.15) is 0 Å². The fraction of sp³-hybridized carbons (Fsp3) is 0.125. The lowest BCUT2D eigenvalue weighted by Gasteiger charge is -2.08. The Balaban J connectivity index is 3.19. The van der Waals surface area contributed by atoms with E-state index in [9.17, 15) is 13.2 Å². The molecule has 0 heterocycles. The van der Waals surface area contributed by atoms with Crippen molar-refractivity contribution in [3.8, 4) is 0 Å². The van der Waals surface area contributed by atoms with Crippen molar-refractivity contribution in [1.29, 1.82) is 0 Å². The molecule has 0 aliphatic heterocycles. The van der Waals surface area contributed by atoms with Gasteiger partial charge in [0.25, 0.3) is 0 Å². The van der Waals surface area contributed by atoms with E-state index < -0.39 is 11.7 Å². The molecule has 0 spiro atoms. The summed E-state index contributed by atoms with van der Waals surface area (Å²) in [4.78, 5) is 3.64. The van der Waals surface area contributed by atoms with Gasteiger partial charge in [0.2, 0.25) is 5.96 Å². The predicted molar refractivity (Wildman–Crippen MR) is 57.7 cm³/mol. The number of benzene rings is 1. The van der Waals surface area contributed by atoms with Crippen LogP contribution in [0, 0.1) is 0 Å². The number of rotatable bonds is 1. The number of nitrogens with one attached hydrogen (secondary N) is 1. The number of guanidine groups is 1. The van der Waals surface area contributed by atoms with Gasteiger partial charge in [-0.05, 0) is 18.2 Å². The lowest BCUT2D eigenvalue weighted by atomic mass is 10.2. The molecular formula is C8H8BrF3N4. The number of hydrazine groups is 1. The van der Waals surface area contributed by atoms with E-state index in [1.54, 1.807) is 0 Å². The molecular weight excluding hydrogens is 289 g/mol. The summed E-state index contributed by atoms with van der Waals surface area (Å²) in [6.45, 7) is 0. The molecule has 0 unspecified atom stereocenters. The number of nitrogens with two attached hydrogens (primary N) is 2. The second-order valence-electron chi connectivity index (χ2n) is 2.84. The molecule has 1 aromatic carbocycles. The van der Waals surface area contributed by atoms with Crippen LogP contribution in [0.5, 0.6) is 0 Å². The van der Waals surface area contributed by atoms with Crippen molar-refractivity contribution in [2.45, 2.75) is 6.18 Å². The van der Waals surface area contributed by atoms with Crippen molar-refractivity contribution in [3.05, 3.63) is 28.2 Å². The van der Waals surface area contributed by atoms with E-state index in [0.717, 1.165) is 12.1 Å². The average Bonchev–Trinajstić information content (AvgIpc) is 2.15. The van der Waals surface area contributed by atoms with Crippen molar-refractivity contribution in [1.82, 2.24) is 5.43 Å². The Morgan fingerprint density at radius 2 is 1.94 bits per heavy atom. The fourth-order valence-electron chi connectivity index (χ4n) is 0.974. The van der Waals surface area contributed by atoms with E-state index in [1.807, 2.05) is 5.43 Å². The molecule has 0 saturated carbocycles. The van der Waals surface area contributed by atoms with Gasteiger partial charge in [0.15, 0.2) is 0 Å². The second-order valence-corrected chi connectivity index (χ2v) is 3.75. The van der Waals surface area contributed by atoms with Gasteiger partial charge in [-0.2, -0.15) is 13.2 Å². The normalized spacial score (nSPS) is 12.7. The molecule has 16 heavy (non-hydrogen) atoms. The van der Waals surface area contributed by atoms with E-state index in [1.165, 1.54) is 6.07 Å². The molecule has 88 valence electrons. The minimum Gasteiger partial charge on any atom is -0.369 e. The summed E-state index contributed by atoms with van der Waals surface area (Å²) in [7, 11) is 0. The average molecular weight is 297 g/mol. The number of nitrogens with zero attached hydrogens (tertiary/aromatic N) is 1. The maximum atomic E-state index is 12.4. The first-order chi connectivity index (χ1) is 7.32. The van der Waals surface area contributed by atoms with Gasteiger partial charge in [0, 0.05) is 4.47 Å². The highest BCUT2D eigenvalue weighted by atomic mass is 79.9. The van der Waals surface area contributed by atoms with Crippen molar-refractivity contribution in [3.63, 3.8) is 0 Å². The van der Waals surface area contributed by atoms with E-state index in [4.69, 9.17) is 11.6 Å². The van der Waals surface area contributed by atoms with Gasteiger partial charge in [-0.1, -0.05) is 15.9 Å². The second kappa shape index (κ2) is 4.71. The van der Waals surface area contributed by atoms with Crippen LogP contribution in [0.3, 0.4) is 0 Å². The van der Waals surface area contributed by atoms with Crippen molar-refractivity contribution in [2.75, 3.05) is 0 Å². The summed E-state index contributed by atoms with van der Waals surface area (Å²) in [6.07, 6.45) is -4.43. The molecule has 0 amide bonds. The number of hydrogen-bond donors (Lipinski definition) is 3. The Bertz CT molecular complexity index is 416. The molecule has 0 bridgehead atoms. The van der Waals surface area contributed by atoms with Crippen LogP contribution in [0.25, 0.3) is 0 Å². The predicted octanol–water partition coefficient (Wildman–Crippen LogP) is 1.88. The third-order valence-corrected chi connectivity index (χ3v) is 2.07. The first-order valence-corrected chi connectivity index (χ1v) is 4.81. The molecule has 0 fully saturated rings. The highest BCUT2D eigenvalue weighted by Gasteiger charge is 2.31. The van der Waals surface area contributed by atoms with E-state index in [0.29, 0.717) is 0 Å². The maximum Gasteiger partial charge on any atom is 0.416 e. The molecule has 0 saturated heterocycles. The largest absolute Gasteiger partial charge is 0.416 e. The zero-order chi connectivity index (χ0) is 12.3. The Hall–Kier alpha value is -1.28. The SMILES string of the molecule is NNC(N)=Nc1cc(Br)cc(C(F)(F)F)c1. The zero-order valence-electron chi connectivity index (χ0n) is 7.85. The van der Waals surface area contributed by atoms with Crippen LogP contribution in [0.15, 0.2) is 27.7 Å². The van der Waals surface area contributed by atoms with E-state index >= 15 is 0 Å². The van der Waals surface area contributed by atoms with Gasteiger partial charge in [-0.25, -0.2) is 10.8 Å². The highest BCUT2D eigenvalue weighted by Crippen LogP contribution is 2.34. The van der Waals surface area contributed by atoms with Gasteiger partial charge < -0.3 is 5.73 Å². The molecule has 0 aromatic heterocycles. The minimum absolute atomic E-state index is 0.0529. The van der Waals surface area contributed by atoms with Crippen LogP contribution in [0.2, 0.25) is 0 Å². The first-order valence-electron chi connectivity index (χ1n) is 4.01. The monoisotopic (exact) mass is 296 g/mol. The molecule has 8 heteroatoms. The van der Waals surface area contributed by atoms with Crippen molar-refractivity contribution < 1.29 is 13.2 Å². The molecule has 5 N–H and O–H groups in total. The third kappa shape index (κ3) is 3.38. The number of aliphatic imine (C=N–C) groups is 1. The van der Waals surface area contributed by atoms with Crippen LogP contribution in [0.1, 0.15) is 5.56 Å². The van der Waals surface area contributed by atoms with Gasteiger partial charge in [-0.15, -0.1) is 0 Å². The minimum atomic E-state index is -4.43. The first kappa shape index (κ1) is 12.8. The van der Waals surface area contributed by atoms with Gasteiger partial charge >= 0.3 is 6.18 Å². The topological polar surface area (TPSA) is 76.4 Å². The quantitative estimate of drug-likeness (QED) is 0.320. The standard InChI is InChI=1S/C8H8BrF3N4/c9-5-1-4(8(10,11)12)2-6(3-5)15-7(13)16-14/h1-3H,14H2,(H3,13,15,16). The number of halogens is 4.